The van der Waals surface area contributed by atoms with E-state index in [-0.39, 0.29) is 5.91 Å². The maximum atomic E-state index is 13.5. The standard InChI is InChI=1S/C24H26N2O3S/c1-20(26(30(2,28)29)23-16-10-5-11-17-23)24(27)25(18-21-12-6-3-7-13-21)19-22-14-8-4-9-15-22/h3-17,20H,18-19H2,1-2H3. The predicted octanol–water partition coefficient (Wildman–Crippen LogP) is 4.07. The van der Waals surface area contributed by atoms with Gasteiger partial charge in [-0.15, -0.1) is 0 Å². The number of anilines is 1. The lowest BCUT2D eigenvalue weighted by atomic mass is 10.1. The number of sulfonamides is 1. The zero-order chi connectivity index (χ0) is 21.6. The molecule has 0 heterocycles. The molecule has 3 rings (SSSR count). The van der Waals surface area contributed by atoms with Crippen LogP contribution in [0.15, 0.2) is 91.0 Å². The lowest BCUT2D eigenvalue weighted by Crippen LogP contribution is -2.49. The van der Waals surface area contributed by atoms with Crippen molar-refractivity contribution in [2.45, 2.75) is 26.1 Å². The SMILES string of the molecule is CC(C(=O)N(Cc1ccccc1)Cc1ccccc1)N(c1ccccc1)S(C)(=O)=O. The highest BCUT2D eigenvalue weighted by molar-refractivity contribution is 7.92. The Hall–Kier alpha value is -3.12. The van der Waals surface area contributed by atoms with Gasteiger partial charge in [-0.05, 0) is 30.2 Å². The van der Waals surface area contributed by atoms with Gasteiger partial charge in [0.25, 0.3) is 0 Å². The molecule has 5 nitrogen and oxygen atoms in total. The van der Waals surface area contributed by atoms with Crippen LogP contribution in [-0.2, 0) is 27.9 Å². The van der Waals surface area contributed by atoms with Crippen molar-refractivity contribution >= 4 is 21.6 Å². The fourth-order valence-electron chi connectivity index (χ4n) is 3.46. The van der Waals surface area contributed by atoms with Gasteiger partial charge in [-0.1, -0.05) is 78.9 Å². The first-order valence-corrected chi connectivity index (χ1v) is 11.6. The van der Waals surface area contributed by atoms with Crippen molar-refractivity contribution in [1.82, 2.24) is 4.90 Å². The van der Waals surface area contributed by atoms with Gasteiger partial charge in [-0.2, -0.15) is 0 Å². The van der Waals surface area contributed by atoms with Crippen molar-refractivity contribution < 1.29 is 13.2 Å². The first kappa shape index (κ1) is 21.6. The number of hydrogen-bond acceptors (Lipinski definition) is 3. The third-order valence-electron chi connectivity index (χ3n) is 4.82. The molecule has 6 heteroatoms. The number of carbonyl (C=O) groups excluding carboxylic acids is 1. The molecule has 1 atom stereocenters. The average Bonchev–Trinajstić information content (AvgIpc) is 2.74. The molecule has 0 aliphatic carbocycles. The Morgan fingerprint density at radius 1 is 0.767 bits per heavy atom. The van der Waals surface area contributed by atoms with Gasteiger partial charge in [0.15, 0.2) is 0 Å². The van der Waals surface area contributed by atoms with Gasteiger partial charge in [0.05, 0.1) is 11.9 Å². The summed E-state index contributed by atoms with van der Waals surface area (Å²) in [4.78, 5) is 15.2. The van der Waals surface area contributed by atoms with Crippen LogP contribution < -0.4 is 4.31 Å². The lowest BCUT2D eigenvalue weighted by molar-refractivity contribution is -0.133. The fourth-order valence-corrected chi connectivity index (χ4v) is 4.63. The van der Waals surface area contributed by atoms with Gasteiger partial charge in [0.1, 0.15) is 6.04 Å². The Bertz CT molecular complexity index is 1010. The zero-order valence-electron chi connectivity index (χ0n) is 17.2. The van der Waals surface area contributed by atoms with Gasteiger partial charge >= 0.3 is 0 Å². The largest absolute Gasteiger partial charge is 0.332 e. The van der Waals surface area contributed by atoms with E-state index in [4.69, 9.17) is 0 Å². The summed E-state index contributed by atoms with van der Waals surface area (Å²) in [5.41, 5.74) is 2.44. The molecule has 156 valence electrons. The number of benzene rings is 3. The number of rotatable bonds is 8. The van der Waals surface area contributed by atoms with Gasteiger partial charge < -0.3 is 4.90 Å². The Morgan fingerprint density at radius 3 is 1.57 bits per heavy atom. The van der Waals surface area contributed by atoms with Crippen molar-refractivity contribution in [2.24, 2.45) is 0 Å². The van der Waals surface area contributed by atoms with Crippen LogP contribution in [0.1, 0.15) is 18.1 Å². The fraction of sp³-hybridized carbons (Fsp3) is 0.208. The highest BCUT2D eigenvalue weighted by Crippen LogP contribution is 2.22. The van der Waals surface area contributed by atoms with Crippen LogP contribution in [0.2, 0.25) is 0 Å². The molecule has 1 amide bonds. The molecule has 0 aliphatic rings. The summed E-state index contributed by atoms with van der Waals surface area (Å²) >= 11 is 0. The Morgan fingerprint density at radius 2 is 1.17 bits per heavy atom. The van der Waals surface area contributed by atoms with Crippen LogP contribution >= 0.6 is 0 Å². The second-order valence-electron chi connectivity index (χ2n) is 7.24. The Labute approximate surface area is 178 Å². The van der Waals surface area contributed by atoms with E-state index in [1.165, 1.54) is 4.31 Å². The molecule has 0 fully saturated rings. The molecular weight excluding hydrogens is 396 g/mol. The topological polar surface area (TPSA) is 57.7 Å². The molecule has 0 saturated heterocycles. The minimum absolute atomic E-state index is 0.253. The average molecular weight is 423 g/mol. The molecule has 0 saturated carbocycles. The van der Waals surface area contributed by atoms with Crippen molar-refractivity contribution in [3.05, 3.63) is 102 Å². The zero-order valence-corrected chi connectivity index (χ0v) is 18.0. The summed E-state index contributed by atoms with van der Waals surface area (Å²) in [7, 11) is -3.66. The van der Waals surface area contributed by atoms with E-state index < -0.39 is 16.1 Å². The first-order valence-electron chi connectivity index (χ1n) is 9.77. The first-order chi connectivity index (χ1) is 14.4. The molecule has 0 aromatic heterocycles. The third-order valence-corrected chi connectivity index (χ3v) is 6.06. The van der Waals surface area contributed by atoms with Crippen molar-refractivity contribution in [3.8, 4) is 0 Å². The van der Waals surface area contributed by atoms with Crippen molar-refractivity contribution in [3.63, 3.8) is 0 Å². The van der Waals surface area contributed by atoms with E-state index in [0.717, 1.165) is 17.4 Å². The second kappa shape index (κ2) is 9.59. The quantitative estimate of drug-likeness (QED) is 0.550. The molecule has 3 aromatic carbocycles. The number of nitrogens with zero attached hydrogens (tertiary/aromatic N) is 2. The maximum absolute atomic E-state index is 13.5. The molecule has 0 radical (unpaired) electrons. The van der Waals surface area contributed by atoms with Crippen molar-refractivity contribution in [2.75, 3.05) is 10.6 Å². The predicted molar refractivity (Wildman–Crippen MR) is 120 cm³/mol. The summed E-state index contributed by atoms with van der Waals surface area (Å²) in [6.45, 7) is 2.43. The highest BCUT2D eigenvalue weighted by Gasteiger charge is 2.32. The molecule has 0 N–H and O–H groups in total. The summed E-state index contributed by atoms with van der Waals surface area (Å²) < 4.78 is 26.3. The number of para-hydroxylation sites is 1. The summed E-state index contributed by atoms with van der Waals surface area (Å²) in [5, 5.41) is 0. The van der Waals surface area contributed by atoms with Crippen LogP contribution in [-0.4, -0.2) is 31.5 Å². The normalized spacial score (nSPS) is 12.2. The van der Waals surface area contributed by atoms with Crippen LogP contribution in [0.4, 0.5) is 5.69 Å². The van der Waals surface area contributed by atoms with Crippen LogP contribution in [0.25, 0.3) is 0 Å². The van der Waals surface area contributed by atoms with Crippen molar-refractivity contribution in [1.29, 1.82) is 0 Å². The van der Waals surface area contributed by atoms with E-state index >= 15 is 0 Å². The van der Waals surface area contributed by atoms with E-state index in [1.807, 2.05) is 66.7 Å². The van der Waals surface area contributed by atoms with E-state index in [2.05, 4.69) is 0 Å². The number of amides is 1. The third kappa shape index (κ3) is 5.48. The Kier molecular flexibility index (Phi) is 6.90. The van der Waals surface area contributed by atoms with Gasteiger partial charge in [-0.25, -0.2) is 8.42 Å². The molecule has 3 aromatic rings. The van der Waals surface area contributed by atoms with Gasteiger partial charge in [0, 0.05) is 13.1 Å². The van der Waals surface area contributed by atoms with Crippen LogP contribution in [0.5, 0.6) is 0 Å². The summed E-state index contributed by atoms with van der Waals surface area (Å²) in [6.07, 6.45) is 1.13. The van der Waals surface area contributed by atoms with Gasteiger partial charge in [0.2, 0.25) is 15.9 Å². The second-order valence-corrected chi connectivity index (χ2v) is 9.10. The van der Waals surface area contributed by atoms with Gasteiger partial charge in [-0.3, -0.25) is 9.10 Å². The monoisotopic (exact) mass is 422 g/mol. The van der Waals surface area contributed by atoms with Crippen LogP contribution in [0, 0.1) is 0 Å². The molecule has 1 unspecified atom stereocenters. The molecular formula is C24H26N2O3S. The number of hydrogen-bond donors (Lipinski definition) is 0. The minimum Gasteiger partial charge on any atom is -0.332 e. The van der Waals surface area contributed by atoms with E-state index in [9.17, 15) is 13.2 Å². The summed E-state index contributed by atoms with van der Waals surface area (Å²) in [6, 6.07) is 27.3. The smallest absolute Gasteiger partial charge is 0.246 e. The lowest BCUT2D eigenvalue weighted by Gasteiger charge is -2.33. The van der Waals surface area contributed by atoms with E-state index in [1.54, 1.807) is 36.1 Å². The molecule has 0 aliphatic heterocycles. The highest BCUT2D eigenvalue weighted by atomic mass is 32.2. The molecule has 30 heavy (non-hydrogen) atoms. The maximum Gasteiger partial charge on any atom is 0.246 e. The van der Waals surface area contributed by atoms with Crippen LogP contribution in [0.3, 0.4) is 0 Å². The molecule has 0 bridgehead atoms. The minimum atomic E-state index is -3.66. The Balaban J connectivity index is 1.93. The summed E-state index contributed by atoms with van der Waals surface area (Å²) in [5.74, 6) is -0.253. The van der Waals surface area contributed by atoms with E-state index in [0.29, 0.717) is 18.8 Å². The number of carbonyl (C=O) groups is 1. The molecule has 0 spiro atoms.